The van der Waals surface area contributed by atoms with E-state index in [1.165, 1.54) is 6.07 Å². The number of fused-ring (bicyclic) bond motifs is 1. The third kappa shape index (κ3) is 3.29. The van der Waals surface area contributed by atoms with Gasteiger partial charge in [-0.15, -0.1) is 0 Å². The highest BCUT2D eigenvalue weighted by Crippen LogP contribution is 2.37. The van der Waals surface area contributed by atoms with E-state index < -0.39 is 5.82 Å². The largest absolute Gasteiger partial charge is 0.342 e. The standard InChI is InChI=1S/C21H21FN6O/c1-4-13-7-12(9-23)8-15(22)18(13)28(3)20-11(2)16-17(25-10-24-16)19(26-20)27-21(29)14-5-6-14/h7-8,10,14H,4-6H2,1-3H3,(H,24,25)(H,26,27,29). The van der Waals surface area contributed by atoms with Gasteiger partial charge in [0.25, 0.3) is 0 Å². The van der Waals surface area contributed by atoms with E-state index in [0.717, 1.165) is 18.4 Å². The van der Waals surface area contributed by atoms with Crippen molar-refractivity contribution in [2.45, 2.75) is 33.1 Å². The molecule has 148 valence electrons. The summed E-state index contributed by atoms with van der Waals surface area (Å²) < 4.78 is 14.9. The normalized spacial score (nSPS) is 13.3. The van der Waals surface area contributed by atoms with Crippen LogP contribution < -0.4 is 10.2 Å². The Kier molecular flexibility index (Phi) is 4.66. The lowest BCUT2D eigenvalue weighted by Gasteiger charge is -2.24. The lowest BCUT2D eigenvalue weighted by molar-refractivity contribution is -0.117. The van der Waals surface area contributed by atoms with Crippen LogP contribution in [0, 0.1) is 30.0 Å². The van der Waals surface area contributed by atoms with E-state index in [4.69, 9.17) is 5.26 Å². The van der Waals surface area contributed by atoms with Crippen molar-refractivity contribution in [3.8, 4) is 6.07 Å². The number of aromatic nitrogens is 3. The molecule has 1 fully saturated rings. The lowest BCUT2D eigenvalue weighted by Crippen LogP contribution is -2.20. The Bertz CT molecular complexity index is 1160. The molecule has 0 unspecified atom stereocenters. The van der Waals surface area contributed by atoms with Crippen LogP contribution in [0.15, 0.2) is 18.5 Å². The highest BCUT2D eigenvalue weighted by atomic mass is 19.1. The Morgan fingerprint density at radius 1 is 1.45 bits per heavy atom. The van der Waals surface area contributed by atoms with Crippen LogP contribution in [0.25, 0.3) is 11.0 Å². The monoisotopic (exact) mass is 392 g/mol. The van der Waals surface area contributed by atoms with Gasteiger partial charge in [0.1, 0.15) is 17.2 Å². The first-order valence-corrected chi connectivity index (χ1v) is 9.55. The number of nitriles is 1. The van der Waals surface area contributed by atoms with E-state index in [0.29, 0.717) is 40.3 Å². The molecule has 0 aliphatic heterocycles. The number of hydrogen-bond donors (Lipinski definition) is 2. The molecule has 0 spiro atoms. The van der Waals surface area contributed by atoms with Crippen LogP contribution in [0.3, 0.4) is 0 Å². The number of nitrogens with zero attached hydrogens (tertiary/aromatic N) is 4. The number of rotatable bonds is 5. The summed E-state index contributed by atoms with van der Waals surface area (Å²) in [5.74, 6) is 0.350. The van der Waals surface area contributed by atoms with Crippen LogP contribution in [0.5, 0.6) is 0 Å². The van der Waals surface area contributed by atoms with E-state index in [1.807, 2.05) is 19.9 Å². The fraction of sp³-hybridized carbons (Fsp3) is 0.333. The van der Waals surface area contributed by atoms with Crippen molar-refractivity contribution in [3.63, 3.8) is 0 Å². The molecule has 1 aliphatic rings. The van der Waals surface area contributed by atoms with Crippen molar-refractivity contribution in [1.29, 1.82) is 5.26 Å². The van der Waals surface area contributed by atoms with E-state index in [9.17, 15) is 9.18 Å². The molecule has 3 aromatic rings. The van der Waals surface area contributed by atoms with Crippen molar-refractivity contribution in [3.05, 3.63) is 41.0 Å². The van der Waals surface area contributed by atoms with Crippen molar-refractivity contribution in [2.24, 2.45) is 5.92 Å². The van der Waals surface area contributed by atoms with Gasteiger partial charge in [-0.3, -0.25) is 4.79 Å². The Hall–Kier alpha value is -3.47. The summed E-state index contributed by atoms with van der Waals surface area (Å²) in [6.45, 7) is 3.77. The molecule has 0 atom stereocenters. The number of nitrogens with one attached hydrogen (secondary N) is 2. The first kappa shape index (κ1) is 18.9. The SMILES string of the molecule is CCc1cc(C#N)cc(F)c1N(C)c1nc(NC(=O)C2CC2)c2[nH]cnc2c1C. The van der Waals surface area contributed by atoms with E-state index in [-0.39, 0.29) is 17.4 Å². The van der Waals surface area contributed by atoms with Gasteiger partial charge in [0, 0.05) is 18.5 Å². The minimum absolute atomic E-state index is 0.0277. The van der Waals surface area contributed by atoms with Crippen LogP contribution in [0.4, 0.5) is 21.7 Å². The molecule has 8 heteroatoms. The summed E-state index contributed by atoms with van der Waals surface area (Å²) in [7, 11) is 1.73. The van der Waals surface area contributed by atoms with Gasteiger partial charge in [-0.25, -0.2) is 14.4 Å². The smallest absolute Gasteiger partial charge is 0.228 e. The van der Waals surface area contributed by atoms with Gasteiger partial charge in [-0.05, 0) is 43.9 Å². The first-order valence-electron chi connectivity index (χ1n) is 9.55. The lowest BCUT2D eigenvalue weighted by atomic mass is 10.0. The predicted molar refractivity (Wildman–Crippen MR) is 109 cm³/mol. The van der Waals surface area contributed by atoms with Crippen LogP contribution in [-0.4, -0.2) is 27.9 Å². The number of benzene rings is 1. The second kappa shape index (κ2) is 7.17. The third-order valence-corrected chi connectivity index (χ3v) is 5.28. The number of anilines is 3. The van der Waals surface area contributed by atoms with Crippen LogP contribution >= 0.6 is 0 Å². The Morgan fingerprint density at radius 3 is 2.86 bits per heavy atom. The Labute approximate surface area is 167 Å². The van der Waals surface area contributed by atoms with Gasteiger partial charge in [0.2, 0.25) is 5.91 Å². The Balaban J connectivity index is 1.84. The quantitative estimate of drug-likeness (QED) is 0.685. The summed E-state index contributed by atoms with van der Waals surface area (Å²) in [4.78, 5) is 26.0. The van der Waals surface area contributed by atoms with Gasteiger partial charge in [-0.1, -0.05) is 6.92 Å². The maximum atomic E-state index is 14.9. The number of aryl methyl sites for hydroxylation is 2. The average molecular weight is 392 g/mol. The van der Waals surface area contributed by atoms with Gasteiger partial charge >= 0.3 is 0 Å². The highest BCUT2D eigenvalue weighted by Gasteiger charge is 2.31. The number of hydrogen-bond acceptors (Lipinski definition) is 5. The molecule has 29 heavy (non-hydrogen) atoms. The molecule has 4 rings (SSSR count). The minimum atomic E-state index is -0.490. The molecule has 0 bridgehead atoms. The average Bonchev–Trinajstić information content (AvgIpc) is 3.45. The number of amides is 1. The second-order valence-corrected chi connectivity index (χ2v) is 7.29. The van der Waals surface area contributed by atoms with E-state index >= 15 is 0 Å². The molecular formula is C21H21FN6O. The molecule has 1 aromatic carbocycles. The van der Waals surface area contributed by atoms with Gasteiger partial charge in [-0.2, -0.15) is 5.26 Å². The molecule has 2 aromatic heterocycles. The van der Waals surface area contributed by atoms with Crippen molar-refractivity contribution < 1.29 is 9.18 Å². The van der Waals surface area contributed by atoms with Crippen molar-refractivity contribution >= 4 is 34.3 Å². The van der Waals surface area contributed by atoms with Gasteiger partial charge in [0.15, 0.2) is 5.82 Å². The van der Waals surface area contributed by atoms with Crippen molar-refractivity contribution in [2.75, 3.05) is 17.3 Å². The summed E-state index contributed by atoms with van der Waals surface area (Å²) >= 11 is 0. The number of carbonyl (C=O) groups is 1. The van der Waals surface area contributed by atoms with Crippen LogP contribution in [0.1, 0.15) is 36.5 Å². The van der Waals surface area contributed by atoms with Gasteiger partial charge in [0.05, 0.1) is 29.2 Å². The second-order valence-electron chi connectivity index (χ2n) is 7.29. The number of aromatic amines is 1. The number of pyridine rings is 1. The molecule has 1 saturated carbocycles. The molecule has 2 heterocycles. The van der Waals surface area contributed by atoms with E-state index in [1.54, 1.807) is 24.3 Å². The van der Waals surface area contributed by atoms with Gasteiger partial charge < -0.3 is 15.2 Å². The minimum Gasteiger partial charge on any atom is -0.342 e. The zero-order valence-electron chi connectivity index (χ0n) is 16.5. The Morgan fingerprint density at radius 2 is 2.21 bits per heavy atom. The maximum absolute atomic E-state index is 14.9. The summed E-state index contributed by atoms with van der Waals surface area (Å²) in [5.41, 5.74) is 3.41. The zero-order chi connectivity index (χ0) is 20.7. The van der Waals surface area contributed by atoms with E-state index in [2.05, 4.69) is 20.3 Å². The molecule has 7 nitrogen and oxygen atoms in total. The molecule has 0 radical (unpaired) electrons. The van der Waals surface area contributed by atoms with Crippen LogP contribution in [-0.2, 0) is 11.2 Å². The fourth-order valence-electron chi connectivity index (χ4n) is 3.56. The maximum Gasteiger partial charge on any atom is 0.228 e. The topological polar surface area (TPSA) is 97.7 Å². The summed E-state index contributed by atoms with van der Waals surface area (Å²) in [6.07, 6.45) is 3.87. The number of carbonyl (C=O) groups excluding carboxylic acids is 1. The fourth-order valence-corrected chi connectivity index (χ4v) is 3.56. The first-order chi connectivity index (χ1) is 13.9. The predicted octanol–water partition coefficient (Wildman–Crippen LogP) is 3.96. The molecule has 0 saturated heterocycles. The summed E-state index contributed by atoms with van der Waals surface area (Å²) in [5, 5.41) is 12.0. The number of halogens is 1. The number of H-pyrrole nitrogens is 1. The highest BCUT2D eigenvalue weighted by molar-refractivity contribution is 6.01. The number of imidazole rings is 1. The van der Waals surface area contributed by atoms with Crippen molar-refractivity contribution in [1.82, 2.24) is 15.0 Å². The van der Waals surface area contributed by atoms with Crippen LogP contribution in [0.2, 0.25) is 0 Å². The molecular weight excluding hydrogens is 371 g/mol. The third-order valence-electron chi connectivity index (χ3n) is 5.28. The summed E-state index contributed by atoms with van der Waals surface area (Å²) in [6, 6.07) is 4.90. The molecule has 1 amide bonds. The zero-order valence-corrected chi connectivity index (χ0v) is 16.5. The molecule has 2 N–H and O–H groups in total. The molecule has 1 aliphatic carbocycles.